The predicted molar refractivity (Wildman–Crippen MR) is 80.6 cm³/mol. The summed E-state index contributed by atoms with van der Waals surface area (Å²) >= 11 is 0. The van der Waals surface area contributed by atoms with E-state index in [1.807, 2.05) is 43.4 Å². The van der Waals surface area contributed by atoms with E-state index in [0.29, 0.717) is 13.2 Å². The molecule has 0 radical (unpaired) electrons. The number of rotatable bonds is 7. The summed E-state index contributed by atoms with van der Waals surface area (Å²) in [5, 5.41) is 8.96. The molecule has 0 amide bonds. The third kappa shape index (κ3) is 4.37. The van der Waals surface area contributed by atoms with Crippen LogP contribution in [-0.4, -0.2) is 30.2 Å². The summed E-state index contributed by atoms with van der Waals surface area (Å²) < 4.78 is 5.91. The van der Waals surface area contributed by atoms with Crippen molar-refractivity contribution in [3.63, 3.8) is 0 Å². The van der Waals surface area contributed by atoms with Gasteiger partial charge in [0.05, 0.1) is 6.61 Å². The summed E-state index contributed by atoms with van der Waals surface area (Å²) in [5.41, 5.74) is 2.30. The number of aliphatic hydroxyl groups excluding tert-OH is 1. The van der Waals surface area contributed by atoms with E-state index in [-0.39, 0.29) is 6.61 Å². The summed E-state index contributed by atoms with van der Waals surface area (Å²) in [6.45, 7) is 2.17. The van der Waals surface area contributed by atoms with Crippen LogP contribution in [0.1, 0.15) is 11.1 Å². The lowest BCUT2D eigenvalue weighted by atomic mass is 10.2. The molecule has 2 aromatic rings. The zero-order chi connectivity index (χ0) is 14.2. The molecule has 0 fully saturated rings. The lowest BCUT2D eigenvalue weighted by Gasteiger charge is -2.18. The van der Waals surface area contributed by atoms with Crippen molar-refractivity contribution in [1.29, 1.82) is 0 Å². The van der Waals surface area contributed by atoms with Gasteiger partial charge in [-0.1, -0.05) is 48.5 Å². The van der Waals surface area contributed by atoms with Crippen molar-refractivity contribution in [2.45, 2.75) is 13.2 Å². The molecule has 0 saturated carbocycles. The minimum Gasteiger partial charge on any atom is -0.489 e. The smallest absolute Gasteiger partial charge is 0.124 e. The highest BCUT2D eigenvalue weighted by atomic mass is 16.5. The van der Waals surface area contributed by atoms with E-state index in [0.717, 1.165) is 23.4 Å². The zero-order valence-corrected chi connectivity index (χ0v) is 11.8. The Balaban J connectivity index is 2.00. The fourth-order valence-corrected chi connectivity index (χ4v) is 2.05. The van der Waals surface area contributed by atoms with E-state index in [2.05, 4.69) is 23.1 Å². The van der Waals surface area contributed by atoms with Gasteiger partial charge in [-0.05, 0) is 18.7 Å². The topological polar surface area (TPSA) is 32.7 Å². The van der Waals surface area contributed by atoms with E-state index in [4.69, 9.17) is 9.84 Å². The molecular weight excluding hydrogens is 250 g/mol. The first kappa shape index (κ1) is 14.6. The van der Waals surface area contributed by atoms with Crippen molar-refractivity contribution >= 4 is 0 Å². The Morgan fingerprint density at radius 3 is 2.45 bits per heavy atom. The van der Waals surface area contributed by atoms with Crippen LogP contribution in [0.3, 0.4) is 0 Å². The highest BCUT2D eigenvalue weighted by Gasteiger charge is 2.06. The summed E-state index contributed by atoms with van der Waals surface area (Å²) in [6, 6.07) is 18.2. The first-order valence-corrected chi connectivity index (χ1v) is 6.83. The molecule has 0 spiro atoms. The number of benzene rings is 2. The zero-order valence-electron chi connectivity index (χ0n) is 11.8. The van der Waals surface area contributed by atoms with Gasteiger partial charge in [0.1, 0.15) is 12.4 Å². The van der Waals surface area contributed by atoms with Crippen LogP contribution in [0.4, 0.5) is 0 Å². The molecule has 0 atom stereocenters. The molecular formula is C17H21NO2. The minimum atomic E-state index is 0.170. The molecule has 2 rings (SSSR count). The first-order chi connectivity index (χ1) is 9.79. The molecule has 3 heteroatoms. The van der Waals surface area contributed by atoms with Crippen molar-refractivity contribution in [3.05, 3.63) is 65.7 Å². The van der Waals surface area contributed by atoms with Crippen LogP contribution in [0, 0.1) is 0 Å². The fourth-order valence-electron chi connectivity index (χ4n) is 2.05. The third-order valence-corrected chi connectivity index (χ3v) is 3.13. The Labute approximate surface area is 120 Å². The normalized spacial score (nSPS) is 10.8. The molecule has 0 saturated heterocycles. The second-order valence-electron chi connectivity index (χ2n) is 4.84. The second kappa shape index (κ2) is 7.68. The molecule has 2 aromatic carbocycles. The van der Waals surface area contributed by atoms with Crippen molar-refractivity contribution < 1.29 is 9.84 Å². The van der Waals surface area contributed by atoms with E-state index in [1.165, 1.54) is 0 Å². The maximum atomic E-state index is 8.96. The molecule has 106 valence electrons. The van der Waals surface area contributed by atoms with Crippen LogP contribution in [0.2, 0.25) is 0 Å². The van der Waals surface area contributed by atoms with Crippen LogP contribution in [-0.2, 0) is 13.2 Å². The first-order valence-electron chi connectivity index (χ1n) is 6.83. The Kier molecular flexibility index (Phi) is 5.59. The number of ether oxygens (including phenoxy) is 1. The molecule has 0 bridgehead atoms. The van der Waals surface area contributed by atoms with Gasteiger partial charge in [0.25, 0.3) is 0 Å². The Hall–Kier alpha value is -1.84. The van der Waals surface area contributed by atoms with Gasteiger partial charge >= 0.3 is 0 Å². The van der Waals surface area contributed by atoms with Gasteiger partial charge in [0.2, 0.25) is 0 Å². The van der Waals surface area contributed by atoms with Gasteiger partial charge < -0.3 is 9.84 Å². The van der Waals surface area contributed by atoms with Gasteiger partial charge in [-0.15, -0.1) is 0 Å². The summed E-state index contributed by atoms with van der Waals surface area (Å²) in [4.78, 5) is 2.07. The molecule has 0 aromatic heterocycles. The van der Waals surface area contributed by atoms with Crippen LogP contribution < -0.4 is 4.74 Å². The van der Waals surface area contributed by atoms with Crippen molar-refractivity contribution in [2.24, 2.45) is 0 Å². The number of para-hydroxylation sites is 1. The van der Waals surface area contributed by atoms with Gasteiger partial charge in [0.15, 0.2) is 0 Å². The lowest BCUT2D eigenvalue weighted by Crippen LogP contribution is -2.21. The number of hydrogen-bond acceptors (Lipinski definition) is 3. The molecule has 3 nitrogen and oxygen atoms in total. The van der Waals surface area contributed by atoms with Gasteiger partial charge in [-0.3, -0.25) is 4.90 Å². The third-order valence-electron chi connectivity index (χ3n) is 3.13. The SMILES string of the molecule is CN(CCO)Cc1ccccc1OCc1ccccc1. The number of aliphatic hydroxyl groups is 1. The fraction of sp³-hybridized carbons (Fsp3) is 0.294. The van der Waals surface area contributed by atoms with Crippen molar-refractivity contribution in [2.75, 3.05) is 20.2 Å². The average molecular weight is 271 g/mol. The minimum absolute atomic E-state index is 0.170. The van der Waals surface area contributed by atoms with Gasteiger partial charge in [0, 0.05) is 18.7 Å². The van der Waals surface area contributed by atoms with Crippen LogP contribution in [0.25, 0.3) is 0 Å². The van der Waals surface area contributed by atoms with E-state index in [9.17, 15) is 0 Å². The van der Waals surface area contributed by atoms with Crippen LogP contribution in [0.15, 0.2) is 54.6 Å². The highest BCUT2D eigenvalue weighted by molar-refractivity contribution is 5.33. The lowest BCUT2D eigenvalue weighted by molar-refractivity contribution is 0.214. The Morgan fingerprint density at radius 1 is 1.00 bits per heavy atom. The van der Waals surface area contributed by atoms with E-state index >= 15 is 0 Å². The second-order valence-corrected chi connectivity index (χ2v) is 4.84. The average Bonchev–Trinajstić information content (AvgIpc) is 2.48. The van der Waals surface area contributed by atoms with Gasteiger partial charge in [-0.2, -0.15) is 0 Å². The Bertz CT molecular complexity index is 513. The van der Waals surface area contributed by atoms with Crippen LogP contribution >= 0.6 is 0 Å². The molecule has 0 aliphatic rings. The maximum absolute atomic E-state index is 8.96. The molecule has 1 N–H and O–H groups in total. The quantitative estimate of drug-likeness (QED) is 0.840. The standard InChI is InChI=1S/C17H21NO2/c1-18(11-12-19)13-16-9-5-6-10-17(16)20-14-15-7-3-2-4-8-15/h2-10,19H,11-14H2,1H3. The summed E-state index contributed by atoms with van der Waals surface area (Å²) in [7, 11) is 1.99. The summed E-state index contributed by atoms with van der Waals surface area (Å²) in [5.74, 6) is 0.904. The molecule has 0 aliphatic carbocycles. The molecule has 0 unspecified atom stereocenters. The largest absolute Gasteiger partial charge is 0.489 e. The number of hydrogen-bond donors (Lipinski definition) is 1. The van der Waals surface area contributed by atoms with Gasteiger partial charge in [-0.25, -0.2) is 0 Å². The highest BCUT2D eigenvalue weighted by Crippen LogP contribution is 2.20. The number of likely N-dealkylation sites (N-methyl/N-ethyl adjacent to an activating group) is 1. The maximum Gasteiger partial charge on any atom is 0.124 e. The van der Waals surface area contributed by atoms with Crippen molar-refractivity contribution in [1.82, 2.24) is 4.90 Å². The van der Waals surface area contributed by atoms with E-state index < -0.39 is 0 Å². The molecule has 0 heterocycles. The number of nitrogens with zero attached hydrogens (tertiary/aromatic N) is 1. The molecule has 20 heavy (non-hydrogen) atoms. The van der Waals surface area contributed by atoms with Crippen LogP contribution in [0.5, 0.6) is 5.75 Å². The van der Waals surface area contributed by atoms with E-state index in [1.54, 1.807) is 0 Å². The Morgan fingerprint density at radius 2 is 1.70 bits per heavy atom. The van der Waals surface area contributed by atoms with Crippen molar-refractivity contribution in [3.8, 4) is 5.75 Å². The summed E-state index contributed by atoms with van der Waals surface area (Å²) in [6.07, 6.45) is 0. The predicted octanol–water partition coefficient (Wildman–Crippen LogP) is 2.69. The molecule has 0 aliphatic heterocycles. The monoisotopic (exact) mass is 271 g/mol.